The molecule has 1 rings (SSSR count). The van der Waals surface area contributed by atoms with E-state index in [2.05, 4.69) is 5.32 Å². The van der Waals surface area contributed by atoms with Gasteiger partial charge in [0.05, 0.1) is 18.7 Å². The fourth-order valence-corrected chi connectivity index (χ4v) is 2.02. The molecular weight excluding hydrogens is 301 g/mol. The van der Waals surface area contributed by atoms with Gasteiger partial charge in [0.15, 0.2) is 11.5 Å². The van der Waals surface area contributed by atoms with E-state index < -0.39 is 0 Å². The summed E-state index contributed by atoms with van der Waals surface area (Å²) in [4.78, 5) is 0. The van der Waals surface area contributed by atoms with Gasteiger partial charge in [-0.25, -0.2) is 0 Å². The molecule has 0 amide bonds. The quantitative estimate of drug-likeness (QED) is 0.708. The average Bonchev–Trinajstić information content (AvgIpc) is 2.41. The molecule has 0 heterocycles. The third kappa shape index (κ3) is 6.18. The van der Waals surface area contributed by atoms with Crippen molar-refractivity contribution in [2.75, 3.05) is 34.0 Å². The van der Waals surface area contributed by atoms with Crippen molar-refractivity contribution in [2.24, 2.45) is 0 Å². The predicted molar refractivity (Wildman–Crippen MR) is 84.6 cm³/mol. The number of ether oxygens (including phenoxy) is 3. The molecule has 0 bridgehead atoms. The van der Waals surface area contributed by atoms with Crippen LogP contribution in [0, 0.1) is 0 Å². The SMILES string of the molecule is CCOc1c(Cl)cc(CNCCCOC)cc1OC.Cl. The van der Waals surface area contributed by atoms with E-state index >= 15 is 0 Å². The summed E-state index contributed by atoms with van der Waals surface area (Å²) in [6.07, 6.45) is 0.985. The molecule has 0 saturated heterocycles. The minimum Gasteiger partial charge on any atom is -0.493 e. The first-order valence-electron chi connectivity index (χ1n) is 6.41. The molecule has 0 aliphatic rings. The summed E-state index contributed by atoms with van der Waals surface area (Å²) < 4.78 is 15.8. The first kappa shape index (κ1) is 19.3. The normalized spacial score (nSPS) is 10.0. The number of benzene rings is 1. The summed E-state index contributed by atoms with van der Waals surface area (Å²) in [6, 6.07) is 3.85. The van der Waals surface area contributed by atoms with Gasteiger partial charge in [-0.05, 0) is 37.6 Å². The number of halogens is 2. The van der Waals surface area contributed by atoms with Gasteiger partial charge in [-0.2, -0.15) is 0 Å². The number of rotatable bonds is 9. The smallest absolute Gasteiger partial charge is 0.179 e. The molecule has 0 unspecified atom stereocenters. The van der Waals surface area contributed by atoms with Gasteiger partial charge >= 0.3 is 0 Å². The maximum absolute atomic E-state index is 6.20. The van der Waals surface area contributed by atoms with E-state index in [9.17, 15) is 0 Å². The van der Waals surface area contributed by atoms with Crippen LogP contribution in [0.2, 0.25) is 5.02 Å². The molecule has 0 fully saturated rings. The highest BCUT2D eigenvalue weighted by molar-refractivity contribution is 6.32. The van der Waals surface area contributed by atoms with Gasteiger partial charge in [0, 0.05) is 20.3 Å². The Morgan fingerprint density at radius 1 is 1.25 bits per heavy atom. The number of hydrogen-bond donors (Lipinski definition) is 1. The highest BCUT2D eigenvalue weighted by atomic mass is 35.5. The number of nitrogens with one attached hydrogen (secondary N) is 1. The van der Waals surface area contributed by atoms with Crippen LogP contribution in [-0.4, -0.2) is 34.0 Å². The van der Waals surface area contributed by atoms with Crippen LogP contribution in [0.15, 0.2) is 12.1 Å². The van der Waals surface area contributed by atoms with E-state index in [4.69, 9.17) is 25.8 Å². The van der Waals surface area contributed by atoms with Crippen molar-refractivity contribution >= 4 is 24.0 Å². The third-order valence-corrected chi connectivity index (χ3v) is 2.89. The van der Waals surface area contributed by atoms with Crippen LogP contribution >= 0.6 is 24.0 Å². The molecule has 6 heteroatoms. The standard InChI is InChI=1S/C14H22ClNO3.ClH/c1-4-19-14-12(15)8-11(9-13(14)18-3)10-16-6-5-7-17-2;/h8-9,16H,4-7,10H2,1-3H3;1H. The van der Waals surface area contributed by atoms with Crippen molar-refractivity contribution in [3.63, 3.8) is 0 Å². The van der Waals surface area contributed by atoms with Crippen LogP contribution in [0.3, 0.4) is 0 Å². The zero-order chi connectivity index (χ0) is 14.1. The Labute approximate surface area is 132 Å². The summed E-state index contributed by atoms with van der Waals surface area (Å²) in [7, 11) is 3.32. The molecule has 0 aliphatic heterocycles. The summed E-state index contributed by atoms with van der Waals surface area (Å²) in [5.74, 6) is 1.28. The molecule has 0 atom stereocenters. The molecule has 0 aromatic heterocycles. The van der Waals surface area contributed by atoms with Crippen LogP contribution in [0.5, 0.6) is 11.5 Å². The highest BCUT2D eigenvalue weighted by Gasteiger charge is 2.11. The Morgan fingerprint density at radius 3 is 2.60 bits per heavy atom. The lowest BCUT2D eigenvalue weighted by Crippen LogP contribution is -2.16. The van der Waals surface area contributed by atoms with Crippen LogP contribution in [0.1, 0.15) is 18.9 Å². The lowest BCUT2D eigenvalue weighted by atomic mass is 10.2. The molecule has 4 nitrogen and oxygen atoms in total. The molecule has 20 heavy (non-hydrogen) atoms. The fourth-order valence-electron chi connectivity index (χ4n) is 1.73. The van der Waals surface area contributed by atoms with E-state index in [0.717, 1.165) is 31.7 Å². The maximum atomic E-state index is 6.20. The van der Waals surface area contributed by atoms with Gasteiger partial charge in [-0.15, -0.1) is 12.4 Å². The van der Waals surface area contributed by atoms with E-state index in [1.165, 1.54) is 0 Å². The minimum atomic E-state index is 0. The molecule has 0 saturated carbocycles. The Morgan fingerprint density at radius 2 is 2.00 bits per heavy atom. The lowest BCUT2D eigenvalue weighted by molar-refractivity contribution is 0.194. The molecule has 1 aromatic carbocycles. The van der Waals surface area contributed by atoms with E-state index in [-0.39, 0.29) is 12.4 Å². The summed E-state index contributed by atoms with van der Waals surface area (Å²) in [5, 5.41) is 3.91. The zero-order valence-corrected chi connectivity index (χ0v) is 13.8. The van der Waals surface area contributed by atoms with Crippen LogP contribution in [0.25, 0.3) is 0 Å². The van der Waals surface area contributed by atoms with Gasteiger partial charge in [0.2, 0.25) is 0 Å². The van der Waals surface area contributed by atoms with Gasteiger partial charge in [0.1, 0.15) is 0 Å². The zero-order valence-electron chi connectivity index (χ0n) is 12.2. The summed E-state index contributed by atoms with van der Waals surface area (Å²) in [6.45, 7) is 4.89. The predicted octanol–water partition coefficient (Wildman–Crippen LogP) is 3.30. The van der Waals surface area contributed by atoms with E-state index in [1.807, 2.05) is 19.1 Å². The molecule has 1 aromatic rings. The average molecular weight is 324 g/mol. The molecule has 0 radical (unpaired) electrons. The first-order chi connectivity index (χ1) is 9.22. The Hall–Kier alpha value is -0.680. The molecule has 0 spiro atoms. The van der Waals surface area contributed by atoms with Crippen molar-refractivity contribution in [3.05, 3.63) is 22.7 Å². The second-order valence-corrected chi connectivity index (χ2v) is 4.47. The monoisotopic (exact) mass is 323 g/mol. The van der Waals surface area contributed by atoms with Crippen molar-refractivity contribution in [2.45, 2.75) is 19.9 Å². The van der Waals surface area contributed by atoms with Gasteiger partial charge in [-0.1, -0.05) is 11.6 Å². The van der Waals surface area contributed by atoms with Gasteiger partial charge in [0.25, 0.3) is 0 Å². The van der Waals surface area contributed by atoms with Crippen molar-refractivity contribution in [3.8, 4) is 11.5 Å². The maximum Gasteiger partial charge on any atom is 0.179 e. The largest absolute Gasteiger partial charge is 0.493 e. The Bertz CT molecular complexity index is 389. The first-order valence-corrected chi connectivity index (χ1v) is 6.79. The molecular formula is C14H23Cl2NO3. The molecule has 116 valence electrons. The van der Waals surface area contributed by atoms with E-state index in [0.29, 0.717) is 23.1 Å². The van der Waals surface area contributed by atoms with Crippen molar-refractivity contribution < 1.29 is 14.2 Å². The van der Waals surface area contributed by atoms with E-state index in [1.54, 1.807) is 14.2 Å². The Kier molecular flexibility index (Phi) is 10.7. The summed E-state index contributed by atoms with van der Waals surface area (Å²) in [5.41, 5.74) is 1.07. The highest BCUT2D eigenvalue weighted by Crippen LogP contribution is 2.36. The van der Waals surface area contributed by atoms with Crippen LogP contribution in [-0.2, 0) is 11.3 Å². The van der Waals surface area contributed by atoms with Crippen molar-refractivity contribution in [1.82, 2.24) is 5.32 Å². The minimum absolute atomic E-state index is 0. The molecule has 1 N–H and O–H groups in total. The van der Waals surface area contributed by atoms with Crippen LogP contribution < -0.4 is 14.8 Å². The van der Waals surface area contributed by atoms with Gasteiger partial charge in [-0.3, -0.25) is 0 Å². The summed E-state index contributed by atoms with van der Waals surface area (Å²) >= 11 is 6.20. The number of hydrogen-bond acceptors (Lipinski definition) is 4. The van der Waals surface area contributed by atoms with Crippen LogP contribution in [0.4, 0.5) is 0 Å². The number of methoxy groups -OCH3 is 2. The van der Waals surface area contributed by atoms with Gasteiger partial charge < -0.3 is 19.5 Å². The second kappa shape index (κ2) is 11.0. The second-order valence-electron chi connectivity index (χ2n) is 4.07. The fraction of sp³-hybridized carbons (Fsp3) is 0.571. The Balaban J connectivity index is 0.00000361. The lowest BCUT2D eigenvalue weighted by Gasteiger charge is -2.13. The van der Waals surface area contributed by atoms with Crippen molar-refractivity contribution in [1.29, 1.82) is 0 Å². The third-order valence-electron chi connectivity index (χ3n) is 2.61. The topological polar surface area (TPSA) is 39.7 Å². The molecule has 0 aliphatic carbocycles.